The summed E-state index contributed by atoms with van der Waals surface area (Å²) in [6.45, 7) is 1.72. The van der Waals surface area contributed by atoms with Crippen molar-refractivity contribution >= 4 is 5.82 Å². The van der Waals surface area contributed by atoms with E-state index in [-0.39, 0.29) is 5.82 Å². The zero-order valence-electron chi connectivity index (χ0n) is 9.36. The molecule has 16 heavy (non-hydrogen) atoms. The molecule has 0 fully saturated rings. The largest absolute Gasteiger partial charge is 0.381 e. The normalized spacial score (nSPS) is 9.44. The molecule has 0 aliphatic heterocycles. The van der Waals surface area contributed by atoms with Crippen LogP contribution in [0, 0.1) is 17.0 Å². The van der Waals surface area contributed by atoms with Crippen molar-refractivity contribution in [1.29, 1.82) is 0 Å². The fourth-order valence-corrected chi connectivity index (χ4v) is 0.954. The fourth-order valence-electron chi connectivity index (χ4n) is 0.954. The molecule has 0 aliphatic carbocycles. The Labute approximate surface area is 92.5 Å². The topological polar surface area (TPSA) is 78.8 Å². The zero-order chi connectivity index (χ0) is 12.1. The Hall–Kier alpha value is -2.18. The fraction of sp³-hybridized carbons (Fsp3) is 0.333. The van der Waals surface area contributed by atoms with Crippen LogP contribution < -0.4 is 0 Å². The van der Waals surface area contributed by atoms with Crippen LogP contribution in [0.2, 0.25) is 0 Å². The van der Waals surface area contributed by atoms with E-state index in [0.717, 1.165) is 0 Å². The number of imidazole rings is 2. The molecule has 7 heteroatoms. The van der Waals surface area contributed by atoms with E-state index in [0.29, 0.717) is 5.82 Å². The van der Waals surface area contributed by atoms with E-state index in [1.165, 1.54) is 6.20 Å². The van der Waals surface area contributed by atoms with Gasteiger partial charge in [-0.2, -0.15) is 0 Å². The second-order valence-corrected chi connectivity index (χ2v) is 3.24. The van der Waals surface area contributed by atoms with Crippen LogP contribution in [0.15, 0.2) is 24.9 Å². The molecule has 7 nitrogen and oxygen atoms in total. The lowest BCUT2D eigenvalue weighted by Crippen LogP contribution is -1.86. The predicted molar refractivity (Wildman–Crippen MR) is 57.8 cm³/mol. The number of nitrogens with zero attached hydrogens (tertiary/aromatic N) is 5. The van der Waals surface area contributed by atoms with Gasteiger partial charge in [-0.3, -0.25) is 0 Å². The summed E-state index contributed by atoms with van der Waals surface area (Å²) in [5.41, 5.74) is 0. The van der Waals surface area contributed by atoms with E-state index >= 15 is 0 Å². The van der Waals surface area contributed by atoms with Crippen molar-refractivity contribution < 1.29 is 4.92 Å². The van der Waals surface area contributed by atoms with E-state index in [4.69, 9.17) is 0 Å². The quantitative estimate of drug-likeness (QED) is 0.534. The Balaban J connectivity index is 0.000000181. The molecule has 2 aromatic heterocycles. The summed E-state index contributed by atoms with van der Waals surface area (Å²) in [7, 11) is 3.66. The van der Waals surface area contributed by atoms with E-state index < -0.39 is 4.92 Å². The average Bonchev–Trinajstić information content (AvgIpc) is 2.79. The monoisotopic (exact) mass is 223 g/mol. The predicted octanol–water partition coefficient (Wildman–Crippen LogP) is 1.06. The Morgan fingerprint density at radius 1 is 1.44 bits per heavy atom. The minimum atomic E-state index is -0.507. The van der Waals surface area contributed by atoms with Crippen LogP contribution in [0.4, 0.5) is 5.82 Å². The number of hydrogen-bond donors (Lipinski definition) is 0. The van der Waals surface area contributed by atoms with Crippen LogP contribution >= 0.6 is 0 Å². The molecule has 0 aromatic carbocycles. The van der Waals surface area contributed by atoms with Crippen molar-refractivity contribution in [2.75, 3.05) is 0 Å². The Kier molecular flexibility index (Phi) is 3.76. The van der Waals surface area contributed by atoms with Crippen molar-refractivity contribution in [1.82, 2.24) is 19.1 Å². The maximum absolute atomic E-state index is 10.1. The minimum Gasteiger partial charge on any atom is -0.358 e. The highest BCUT2D eigenvalue weighted by Crippen LogP contribution is 2.07. The number of hydrogen-bond acceptors (Lipinski definition) is 4. The van der Waals surface area contributed by atoms with Gasteiger partial charge < -0.3 is 19.2 Å². The third kappa shape index (κ3) is 3.19. The maximum atomic E-state index is 10.1. The third-order valence-corrected chi connectivity index (χ3v) is 1.92. The molecule has 2 rings (SSSR count). The van der Waals surface area contributed by atoms with Crippen molar-refractivity contribution in [2.24, 2.45) is 14.1 Å². The molecule has 0 unspecified atom stereocenters. The first-order valence-electron chi connectivity index (χ1n) is 4.57. The molecule has 0 N–H and O–H groups in total. The van der Waals surface area contributed by atoms with E-state index in [1.54, 1.807) is 31.1 Å². The van der Waals surface area contributed by atoms with Gasteiger partial charge in [0.05, 0.1) is 6.33 Å². The Morgan fingerprint density at radius 3 is 2.31 bits per heavy atom. The molecule has 0 spiro atoms. The molecule has 2 heterocycles. The lowest BCUT2D eigenvalue weighted by molar-refractivity contribution is -0.389. The van der Waals surface area contributed by atoms with Crippen LogP contribution in [0.1, 0.15) is 5.82 Å². The summed E-state index contributed by atoms with van der Waals surface area (Å²) in [4.78, 5) is 17.0. The summed E-state index contributed by atoms with van der Waals surface area (Å²) < 4.78 is 3.50. The van der Waals surface area contributed by atoms with E-state index in [1.807, 2.05) is 17.8 Å². The van der Waals surface area contributed by atoms with Gasteiger partial charge in [0.15, 0.2) is 0 Å². The van der Waals surface area contributed by atoms with Crippen LogP contribution in [-0.2, 0) is 14.1 Å². The summed E-state index contributed by atoms with van der Waals surface area (Å²) >= 11 is 0. The zero-order valence-corrected chi connectivity index (χ0v) is 9.36. The molecular weight excluding hydrogens is 210 g/mol. The van der Waals surface area contributed by atoms with Crippen LogP contribution in [0.3, 0.4) is 0 Å². The molecule has 2 aromatic rings. The van der Waals surface area contributed by atoms with Crippen molar-refractivity contribution in [3.8, 4) is 0 Å². The molecular formula is C9H13N5O2. The minimum absolute atomic E-state index is 0.0972. The SMILES string of the molecule is Cc1nc([N+](=O)[O-])cn1C.Cn1ccnc1. The number of nitro groups is 1. The van der Waals surface area contributed by atoms with Gasteiger partial charge in [-0.1, -0.05) is 0 Å². The lowest BCUT2D eigenvalue weighted by Gasteiger charge is -1.83. The highest BCUT2D eigenvalue weighted by molar-refractivity contribution is 5.15. The summed E-state index contributed by atoms with van der Waals surface area (Å²) in [6, 6.07) is 0. The van der Waals surface area contributed by atoms with Gasteiger partial charge >= 0.3 is 5.82 Å². The Morgan fingerprint density at radius 2 is 2.12 bits per heavy atom. The maximum Gasteiger partial charge on any atom is 0.381 e. The van der Waals surface area contributed by atoms with Crippen molar-refractivity contribution in [3.63, 3.8) is 0 Å². The standard InChI is InChI=1S/C5H7N3O2.C4H6N2/c1-4-6-5(8(9)10)3-7(4)2;1-6-3-2-5-4-6/h3H,1-2H3;2-4H,1H3. The molecule has 86 valence electrons. The van der Waals surface area contributed by atoms with Gasteiger partial charge in [0, 0.05) is 33.4 Å². The molecule has 0 radical (unpaired) electrons. The first-order valence-corrected chi connectivity index (χ1v) is 4.57. The average molecular weight is 223 g/mol. The second kappa shape index (κ2) is 5.06. The smallest absolute Gasteiger partial charge is 0.358 e. The van der Waals surface area contributed by atoms with Gasteiger partial charge in [0.25, 0.3) is 0 Å². The highest BCUT2D eigenvalue weighted by atomic mass is 16.6. The summed E-state index contributed by atoms with van der Waals surface area (Å²) in [5, 5.41) is 10.1. The number of aryl methyl sites for hydroxylation is 3. The summed E-state index contributed by atoms with van der Waals surface area (Å²) in [6.07, 6.45) is 6.77. The van der Waals surface area contributed by atoms with Gasteiger partial charge in [0.2, 0.25) is 5.82 Å². The van der Waals surface area contributed by atoms with E-state index in [2.05, 4.69) is 9.97 Å². The molecule has 0 bridgehead atoms. The number of aromatic nitrogens is 4. The highest BCUT2D eigenvalue weighted by Gasteiger charge is 2.11. The van der Waals surface area contributed by atoms with Gasteiger partial charge in [-0.25, -0.2) is 4.98 Å². The second-order valence-electron chi connectivity index (χ2n) is 3.24. The van der Waals surface area contributed by atoms with Crippen molar-refractivity contribution in [3.05, 3.63) is 40.9 Å². The molecule has 0 saturated heterocycles. The van der Waals surface area contributed by atoms with Crippen molar-refractivity contribution in [2.45, 2.75) is 6.92 Å². The number of rotatable bonds is 1. The van der Waals surface area contributed by atoms with Crippen LogP contribution in [0.5, 0.6) is 0 Å². The third-order valence-electron chi connectivity index (χ3n) is 1.92. The van der Waals surface area contributed by atoms with E-state index in [9.17, 15) is 10.1 Å². The lowest BCUT2D eigenvalue weighted by atomic mass is 10.7. The van der Waals surface area contributed by atoms with Crippen LogP contribution in [0.25, 0.3) is 0 Å². The van der Waals surface area contributed by atoms with Gasteiger partial charge in [-0.15, -0.1) is 0 Å². The molecule has 0 amide bonds. The molecule has 0 atom stereocenters. The van der Waals surface area contributed by atoms with Crippen LogP contribution in [-0.4, -0.2) is 24.0 Å². The summed E-state index contributed by atoms with van der Waals surface area (Å²) in [5.74, 6) is 0.548. The first-order chi connectivity index (χ1) is 7.50. The van der Waals surface area contributed by atoms with Gasteiger partial charge in [-0.05, 0) is 9.91 Å². The first kappa shape index (κ1) is 11.9. The molecule has 0 aliphatic rings. The van der Waals surface area contributed by atoms with Gasteiger partial charge in [0.1, 0.15) is 6.20 Å². The Bertz CT molecular complexity index is 441. The molecule has 0 saturated carbocycles.